The van der Waals surface area contributed by atoms with Gasteiger partial charge in [0.15, 0.2) is 11.6 Å². The number of nitrogen functional groups attached to an aromatic ring is 1. The molecule has 0 aliphatic rings. The van der Waals surface area contributed by atoms with E-state index in [0.29, 0.717) is 0 Å². The molecular weight excluding hydrogens is 171 g/mol. The molecule has 1 rings (SSSR count). The van der Waals surface area contributed by atoms with Gasteiger partial charge in [0, 0.05) is 12.3 Å². The van der Waals surface area contributed by atoms with Crippen LogP contribution in [0.1, 0.15) is 20.3 Å². The topological polar surface area (TPSA) is 48.1 Å². The minimum atomic E-state index is -0.581. The summed E-state index contributed by atoms with van der Waals surface area (Å²) in [6.07, 6.45) is 2.23. The van der Waals surface area contributed by atoms with Crippen molar-refractivity contribution in [3.8, 4) is 5.75 Å². The Morgan fingerprint density at radius 2 is 2.38 bits per heavy atom. The summed E-state index contributed by atoms with van der Waals surface area (Å²) in [6, 6.07) is 1.47. The monoisotopic (exact) mass is 184 g/mol. The van der Waals surface area contributed by atoms with Gasteiger partial charge in [0.05, 0.1) is 6.10 Å². The average molecular weight is 184 g/mol. The Balaban J connectivity index is 2.83. The van der Waals surface area contributed by atoms with E-state index in [1.165, 1.54) is 12.3 Å². The molecule has 0 amide bonds. The van der Waals surface area contributed by atoms with Crippen LogP contribution < -0.4 is 10.5 Å². The molecule has 3 nitrogen and oxygen atoms in total. The van der Waals surface area contributed by atoms with E-state index in [0.717, 1.165) is 6.42 Å². The van der Waals surface area contributed by atoms with Crippen molar-refractivity contribution < 1.29 is 9.13 Å². The van der Waals surface area contributed by atoms with E-state index in [-0.39, 0.29) is 17.7 Å². The van der Waals surface area contributed by atoms with E-state index < -0.39 is 5.82 Å². The Morgan fingerprint density at radius 3 is 3.00 bits per heavy atom. The molecule has 4 heteroatoms. The molecule has 0 aromatic carbocycles. The first kappa shape index (κ1) is 9.77. The second-order valence-electron chi connectivity index (χ2n) is 2.85. The Labute approximate surface area is 76.7 Å². The van der Waals surface area contributed by atoms with Gasteiger partial charge in [-0.15, -0.1) is 0 Å². The summed E-state index contributed by atoms with van der Waals surface area (Å²) in [7, 11) is 0. The number of anilines is 1. The van der Waals surface area contributed by atoms with Crippen molar-refractivity contribution in [3.05, 3.63) is 18.1 Å². The third-order valence-corrected chi connectivity index (χ3v) is 1.78. The molecule has 1 atom stereocenters. The quantitative estimate of drug-likeness (QED) is 0.781. The fourth-order valence-corrected chi connectivity index (χ4v) is 0.832. The minimum Gasteiger partial charge on any atom is -0.487 e. The van der Waals surface area contributed by atoms with Crippen LogP contribution in [0.15, 0.2) is 12.3 Å². The van der Waals surface area contributed by atoms with Crippen LogP contribution in [0.4, 0.5) is 10.2 Å². The molecule has 0 spiro atoms. The third-order valence-electron chi connectivity index (χ3n) is 1.78. The summed E-state index contributed by atoms with van der Waals surface area (Å²) in [6.45, 7) is 3.84. The highest BCUT2D eigenvalue weighted by atomic mass is 19.1. The van der Waals surface area contributed by atoms with Crippen molar-refractivity contribution in [2.75, 3.05) is 5.73 Å². The number of aromatic nitrogens is 1. The lowest BCUT2D eigenvalue weighted by Crippen LogP contribution is -2.11. The van der Waals surface area contributed by atoms with E-state index in [4.69, 9.17) is 10.5 Å². The molecule has 13 heavy (non-hydrogen) atoms. The molecule has 72 valence electrons. The first-order chi connectivity index (χ1) is 6.15. The second kappa shape index (κ2) is 4.07. The highest BCUT2D eigenvalue weighted by molar-refractivity contribution is 5.38. The van der Waals surface area contributed by atoms with Gasteiger partial charge in [-0.1, -0.05) is 6.92 Å². The predicted octanol–water partition coefficient (Wildman–Crippen LogP) is 1.98. The molecule has 0 radical (unpaired) electrons. The molecule has 0 saturated heterocycles. The number of nitrogens with zero attached hydrogens (tertiary/aromatic N) is 1. The highest BCUT2D eigenvalue weighted by Gasteiger charge is 2.09. The Hall–Kier alpha value is -1.32. The zero-order valence-electron chi connectivity index (χ0n) is 7.75. The van der Waals surface area contributed by atoms with Crippen LogP contribution in [0.25, 0.3) is 0 Å². The lowest BCUT2D eigenvalue weighted by Gasteiger charge is -2.13. The molecule has 0 bridgehead atoms. The van der Waals surface area contributed by atoms with Gasteiger partial charge in [0.2, 0.25) is 5.82 Å². The maximum Gasteiger partial charge on any atom is 0.206 e. The maximum atomic E-state index is 13.2. The van der Waals surface area contributed by atoms with Gasteiger partial charge in [0.1, 0.15) is 0 Å². The zero-order chi connectivity index (χ0) is 9.84. The minimum absolute atomic E-state index is 0.0173. The number of ether oxygens (including phenoxy) is 1. The molecule has 0 aliphatic heterocycles. The second-order valence-corrected chi connectivity index (χ2v) is 2.85. The largest absolute Gasteiger partial charge is 0.487 e. The van der Waals surface area contributed by atoms with Crippen LogP contribution in [0.5, 0.6) is 5.75 Å². The van der Waals surface area contributed by atoms with E-state index in [1.807, 2.05) is 13.8 Å². The summed E-state index contributed by atoms with van der Waals surface area (Å²) in [5, 5.41) is 0. The highest BCUT2D eigenvalue weighted by Crippen LogP contribution is 2.21. The lowest BCUT2D eigenvalue weighted by molar-refractivity contribution is 0.208. The number of hydrogen-bond donors (Lipinski definition) is 1. The van der Waals surface area contributed by atoms with Crippen molar-refractivity contribution >= 4 is 5.82 Å². The molecular formula is C9H13FN2O. The molecule has 0 aliphatic carbocycles. The normalized spacial score (nSPS) is 12.5. The van der Waals surface area contributed by atoms with Crippen molar-refractivity contribution in [2.45, 2.75) is 26.4 Å². The lowest BCUT2D eigenvalue weighted by atomic mass is 10.3. The van der Waals surface area contributed by atoms with Crippen molar-refractivity contribution in [3.63, 3.8) is 0 Å². The molecule has 0 fully saturated rings. The van der Waals surface area contributed by atoms with Crippen LogP contribution in [0, 0.1) is 5.82 Å². The van der Waals surface area contributed by atoms with E-state index >= 15 is 0 Å². The van der Waals surface area contributed by atoms with Crippen molar-refractivity contribution in [1.29, 1.82) is 0 Å². The van der Waals surface area contributed by atoms with E-state index in [1.54, 1.807) is 0 Å². The first-order valence-corrected chi connectivity index (χ1v) is 4.21. The van der Waals surface area contributed by atoms with Crippen LogP contribution in [0.2, 0.25) is 0 Å². The molecule has 1 aromatic heterocycles. The smallest absolute Gasteiger partial charge is 0.206 e. The van der Waals surface area contributed by atoms with E-state index in [9.17, 15) is 4.39 Å². The first-order valence-electron chi connectivity index (χ1n) is 4.21. The van der Waals surface area contributed by atoms with Gasteiger partial charge in [0.25, 0.3) is 0 Å². The number of rotatable bonds is 3. The van der Waals surface area contributed by atoms with Crippen LogP contribution in [-0.4, -0.2) is 11.1 Å². The summed E-state index contributed by atoms with van der Waals surface area (Å²) in [5.74, 6) is -0.537. The van der Waals surface area contributed by atoms with Crippen LogP contribution in [0.3, 0.4) is 0 Å². The van der Waals surface area contributed by atoms with Crippen molar-refractivity contribution in [2.24, 2.45) is 0 Å². The van der Waals surface area contributed by atoms with Crippen LogP contribution >= 0.6 is 0 Å². The fourth-order valence-electron chi connectivity index (χ4n) is 0.832. The Morgan fingerprint density at radius 1 is 1.69 bits per heavy atom. The maximum absolute atomic E-state index is 13.2. The molecule has 1 heterocycles. The molecule has 0 saturated carbocycles. The van der Waals surface area contributed by atoms with E-state index in [2.05, 4.69) is 4.98 Å². The predicted molar refractivity (Wildman–Crippen MR) is 49.0 cm³/mol. The van der Waals surface area contributed by atoms with Gasteiger partial charge in [-0.3, -0.25) is 0 Å². The fraction of sp³-hybridized carbons (Fsp3) is 0.444. The molecule has 1 unspecified atom stereocenters. The summed E-state index contributed by atoms with van der Waals surface area (Å²) in [4.78, 5) is 3.60. The Kier molecular flexibility index (Phi) is 3.06. The van der Waals surface area contributed by atoms with Crippen LogP contribution in [-0.2, 0) is 0 Å². The number of nitrogens with two attached hydrogens (primary N) is 1. The molecule has 1 aromatic rings. The summed E-state index contributed by atoms with van der Waals surface area (Å²) < 4.78 is 18.5. The molecule has 2 N–H and O–H groups in total. The van der Waals surface area contributed by atoms with Crippen molar-refractivity contribution in [1.82, 2.24) is 4.98 Å². The third kappa shape index (κ3) is 2.31. The van der Waals surface area contributed by atoms with Gasteiger partial charge >= 0.3 is 0 Å². The standard InChI is InChI=1S/C9H13FN2O/c1-3-6(2)13-7-4-5-12-9(11)8(7)10/h4-6H,3H2,1-2H3,(H2,11,12). The van der Waals surface area contributed by atoms with Gasteiger partial charge < -0.3 is 10.5 Å². The number of pyridine rings is 1. The number of hydrogen-bond acceptors (Lipinski definition) is 3. The summed E-state index contributed by atoms with van der Waals surface area (Å²) >= 11 is 0. The van der Waals surface area contributed by atoms with Gasteiger partial charge in [-0.2, -0.15) is 4.39 Å². The number of halogens is 1. The summed E-state index contributed by atoms with van der Waals surface area (Å²) in [5.41, 5.74) is 5.27. The Bertz CT molecular complexity index is 291. The SMILES string of the molecule is CCC(C)Oc1ccnc(N)c1F. The van der Waals surface area contributed by atoms with Gasteiger partial charge in [-0.25, -0.2) is 4.98 Å². The zero-order valence-corrected chi connectivity index (χ0v) is 7.75. The van der Waals surface area contributed by atoms with Gasteiger partial charge in [-0.05, 0) is 13.3 Å². The average Bonchev–Trinajstić information content (AvgIpc) is 2.13.